The van der Waals surface area contributed by atoms with E-state index in [1.54, 1.807) is 0 Å². The Balaban J connectivity index is 1.96. The SMILES string of the molecule is CCCCc1ccc(/C=N/NC(=O)c2c[nH]c(=O)[nH]c2=O)cc1. The van der Waals surface area contributed by atoms with Gasteiger partial charge in [0.1, 0.15) is 5.56 Å². The van der Waals surface area contributed by atoms with Gasteiger partial charge in [-0.1, -0.05) is 37.6 Å². The third-order valence-electron chi connectivity index (χ3n) is 3.24. The number of benzene rings is 1. The highest BCUT2D eigenvalue weighted by Gasteiger charge is 2.09. The number of hydrazone groups is 1. The van der Waals surface area contributed by atoms with Crippen molar-refractivity contribution in [3.05, 3.63) is 68.0 Å². The second-order valence-electron chi connectivity index (χ2n) is 5.03. The summed E-state index contributed by atoms with van der Waals surface area (Å²) in [5, 5.41) is 3.80. The molecule has 2 rings (SSSR count). The molecule has 0 saturated heterocycles. The number of aromatic amines is 2. The maximum absolute atomic E-state index is 11.8. The first kappa shape index (κ1) is 16.4. The summed E-state index contributed by atoms with van der Waals surface area (Å²) in [6.45, 7) is 2.15. The predicted octanol–water partition coefficient (Wildman–Crippen LogP) is 1.17. The monoisotopic (exact) mass is 314 g/mol. The summed E-state index contributed by atoms with van der Waals surface area (Å²) in [6, 6.07) is 7.86. The summed E-state index contributed by atoms with van der Waals surface area (Å²) < 4.78 is 0. The Morgan fingerprint density at radius 1 is 1.26 bits per heavy atom. The summed E-state index contributed by atoms with van der Waals surface area (Å²) in [5.41, 5.74) is 2.69. The molecule has 0 saturated carbocycles. The van der Waals surface area contributed by atoms with Crippen molar-refractivity contribution in [3.8, 4) is 0 Å². The van der Waals surface area contributed by atoms with Gasteiger partial charge in [0.15, 0.2) is 0 Å². The second-order valence-corrected chi connectivity index (χ2v) is 5.03. The molecule has 23 heavy (non-hydrogen) atoms. The largest absolute Gasteiger partial charge is 0.325 e. The number of nitrogens with zero attached hydrogens (tertiary/aromatic N) is 1. The highest BCUT2D eigenvalue weighted by atomic mass is 16.2. The van der Waals surface area contributed by atoms with Gasteiger partial charge in [-0.3, -0.25) is 14.6 Å². The highest BCUT2D eigenvalue weighted by Crippen LogP contribution is 2.06. The summed E-state index contributed by atoms with van der Waals surface area (Å²) in [5.74, 6) is -0.696. The van der Waals surface area contributed by atoms with Crippen molar-refractivity contribution in [1.82, 2.24) is 15.4 Å². The van der Waals surface area contributed by atoms with Gasteiger partial charge in [0.05, 0.1) is 6.21 Å². The fourth-order valence-corrected chi connectivity index (χ4v) is 1.96. The Morgan fingerprint density at radius 3 is 2.65 bits per heavy atom. The lowest BCUT2D eigenvalue weighted by Gasteiger charge is -2.00. The van der Waals surface area contributed by atoms with Gasteiger partial charge < -0.3 is 4.98 Å². The van der Waals surface area contributed by atoms with Gasteiger partial charge in [-0.2, -0.15) is 5.10 Å². The van der Waals surface area contributed by atoms with E-state index in [-0.39, 0.29) is 5.56 Å². The summed E-state index contributed by atoms with van der Waals surface area (Å²) in [7, 11) is 0. The fraction of sp³-hybridized carbons (Fsp3) is 0.250. The smallest absolute Gasteiger partial charge is 0.313 e. The molecular weight excluding hydrogens is 296 g/mol. The van der Waals surface area contributed by atoms with Crippen LogP contribution in [0.15, 0.2) is 45.2 Å². The molecule has 0 fully saturated rings. The minimum atomic E-state index is -0.762. The molecule has 2 aromatic rings. The normalized spacial score (nSPS) is 10.8. The van der Waals surface area contributed by atoms with Crippen LogP contribution in [0.5, 0.6) is 0 Å². The molecular formula is C16H18N4O3. The van der Waals surface area contributed by atoms with Crippen molar-refractivity contribution in [2.24, 2.45) is 5.10 Å². The van der Waals surface area contributed by atoms with E-state index in [0.29, 0.717) is 0 Å². The predicted molar refractivity (Wildman–Crippen MR) is 87.8 cm³/mol. The molecule has 3 N–H and O–H groups in total. The zero-order valence-corrected chi connectivity index (χ0v) is 12.8. The van der Waals surface area contributed by atoms with Crippen LogP contribution in [0.25, 0.3) is 0 Å². The molecule has 0 aliphatic carbocycles. The zero-order chi connectivity index (χ0) is 16.7. The minimum absolute atomic E-state index is 0.211. The highest BCUT2D eigenvalue weighted by molar-refractivity contribution is 5.94. The molecule has 0 radical (unpaired) electrons. The number of H-pyrrole nitrogens is 2. The van der Waals surface area contributed by atoms with Crippen LogP contribution < -0.4 is 16.7 Å². The van der Waals surface area contributed by atoms with E-state index in [1.165, 1.54) is 11.8 Å². The zero-order valence-electron chi connectivity index (χ0n) is 12.8. The van der Waals surface area contributed by atoms with E-state index in [1.807, 2.05) is 29.2 Å². The molecule has 0 aliphatic heterocycles. The molecule has 0 spiro atoms. The second kappa shape index (κ2) is 7.88. The van der Waals surface area contributed by atoms with Crippen molar-refractivity contribution in [3.63, 3.8) is 0 Å². The average Bonchev–Trinajstić information content (AvgIpc) is 2.54. The quantitative estimate of drug-likeness (QED) is 0.550. The maximum atomic E-state index is 11.8. The summed E-state index contributed by atoms with van der Waals surface area (Å²) in [6.07, 6.45) is 5.88. The van der Waals surface area contributed by atoms with Crippen LogP contribution in [0.3, 0.4) is 0 Å². The van der Waals surface area contributed by atoms with Gasteiger partial charge >= 0.3 is 5.69 Å². The Labute approximate surface area is 132 Å². The first-order chi connectivity index (χ1) is 11.1. The van der Waals surface area contributed by atoms with Gasteiger partial charge in [0.25, 0.3) is 11.5 Å². The lowest BCUT2D eigenvalue weighted by atomic mass is 10.1. The average molecular weight is 314 g/mol. The van der Waals surface area contributed by atoms with Gasteiger partial charge in [-0.15, -0.1) is 0 Å². The molecule has 1 heterocycles. The van der Waals surface area contributed by atoms with E-state index >= 15 is 0 Å². The van der Waals surface area contributed by atoms with Gasteiger partial charge in [-0.25, -0.2) is 10.2 Å². The Bertz CT molecular complexity index is 803. The summed E-state index contributed by atoms with van der Waals surface area (Å²) >= 11 is 0. The number of aryl methyl sites for hydroxylation is 1. The molecule has 120 valence electrons. The van der Waals surface area contributed by atoms with Crippen LogP contribution in [0.1, 0.15) is 41.3 Å². The Hall–Kier alpha value is -2.96. The van der Waals surface area contributed by atoms with Crippen LogP contribution in [-0.2, 0) is 6.42 Å². The first-order valence-electron chi connectivity index (χ1n) is 7.34. The van der Waals surface area contributed by atoms with Gasteiger partial charge in [0.2, 0.25) is 0 Å². The number of hydrogen-bond donors (Lipinski definition) is 3. The van der Waals surface area contributed by atoms with Crippen molar-refractivity contribution in [2.75, 3.05) is 0 Å². The van der Waals surface area contributed by atoms with E-state index in [0.717, 1.165) is 31.0 Å². The standard InChI is InChI=1S/C16H18N4O3/c1-2-3-4-11-5-7-12(8-6-11)9-18-20-15(22)13-10-17-16(23)19-14(13)21/h5-10H,2-4H2,1H3,(H,20,22)(H2,17,19,21,23)/b18-9+. The number of carbonyl (C=O) groups excluding carboxylic acids is 1. The molecule has 7 nitrogen and oxygen atoms in total. The number of hydrogen-bond acceptors (Lipinski definition) is 4. The fourth-order valence-electron chi connectivity index (χ4n) is 1.96. The third-order valence-corrected chi connectivity index (χ3v) is 3.24. The molecule has 1 aromatic carbocycles. The Morgan fingerprint density at radius 2 is 2.00 bits per heavy atom. The van der Waals surface area contributed by atoms with Crippen LogP contribution >= 0.6 is 0 Å². The van der Waals surface area contributed by atoms with Crippen molar-refractivity contribution in [1.29, 1.82) is 0 Å². The lowest BCUT2D eigenvalue weighted by Crippen LogP contribution is -2.31. The van der Waals surface area contributed by atoms with Crippen LogP contribution in [-0.4, -0.2) is 22.1 Å². The molecule has 0 unspecified atom stereocenters. The Kier molecular flexibility index (Phi) is 5.62. The maximum Gasteiger partial charge on any atom is 0.325 e. The van der Waals surface area contributed by atoms with E-state index in [4.69, 9.17) is 0 Å². The molecule has 0 atom stereocenters. The van der Waals surface area contributed by atoms with E-state index in [2.05, 4.69) is 22.4 Å². The lowest BCUT2D eigenvalue weighted by molar-refractivity contribution is 0.0953. The van der Waals surface area contributed by atoms with Gasteiger partial charge in [-0.05, 0) is 24.0 Å². The molecule has 0 aliphatic rings. The molecule has 1 aromatic heterocycles. The van der Waals surface area contributed by atoms with Crippen molar-refractivity contribution >= 4 is 12.1 Å². The number of nitrogens with one attached hydrogen (secondary N) is 3. The van der Waals surface area contributed by atoms with Crippen molar-refractivity contribution < 1.29 is 4.79 Å². The van der Waals surface area contributed by atoms with E-state index < -0.39 is 17.2 Å². The minimum Gasteiger partial charge on any atom is -0.313 e. The van der Waals surface area contributed by atoms with Crippen LogP contribution in [0.2, 0.25) is 0 Å². The number of unbranched alkanes of at least 4 members (excludes halogenated alkanes) is 1. The topological polar surface area (TPSA) is 107 Å². The summed E-state index contributed by atoms with van der Waals surface area (Å²) in [4.78, 5) is 38.3. The first-order valence-corrected chi connectivity index (χ1v) is 7.34. The van der Waals surface area contributed by atoms with Crippen molar-refractivity contribution in [2.45, 2.75) is 26.2 Å². The van der Waals surface area contributed by atoms with E-state index in [9.17, 15) is 14.4 Å². The van der Waals surface area contributed by atoms with Crippen LogP contribution in [0.4, 0.5) is 0 Å². The molecule has 1 amide bonds. The number of aromatic nitrogens is 2. The number of rotatable bonds is 6. The van der Waals surface area contributed by atoms with Gasteiger partial charge in [0, 0.05) is 6.20 Å². The van der Waals surface area contributed by atoms with Crippen LogP contribution in [0, 0.1) is 0 Å². The number of carbonyl (C=O) groups is 1. The molecule has 0 bridgehead atoms. The third kappa shape index (κ3) is 4.77. The molecule has 7 heteroatoms. The number of amides is 1.